The maximum absolute atomic E-state index is 13.8. The van der Waals surface area contributed by atoms with E-state index in [0.717, 1.165) is 6.07 Å². The van der Waals surface area contributed by atoms with E-state index < -0.39 is 17.7 Å². The van der Waals surface area contributed by atoms with Crippen molar-refractivity contribution in [1.82, 2.24) is 4.90 Å². The molecule has 0 aliphatic carbocycles. The van der Waals surface area contributed by atoms with Crippen molar-refractivity contribution in [1.29, 1.82) is 0 Å². The second-order valence-electron chi connectivity index (χ2n) is 5.26. The number of amides is 1. The monoisotopic (exact) mass is 320 g/mol. The molecule has 7 heteroatoms. The van der Waals surface area contributed by atoms with E-state index in [1.54, 1.807) is 19.2 Å². The van der Waals surface area contributed by atoms with Crippen LogP contribution in [0.5, 0.6) is 0 Å². The molecule has 1 atom stereocenters. The van der Waals surface area contributed by atoms with E-state index in [1.807, 2.05) is 0 Å². The third-order valence-electron chi connectivity index (χ3n) is 3.53. The summed E-state index contributed by atoms with van der Waals surface area (Å²) in [4.78, 5) is 18.8. The summed E-state index contributed by atoms with van der Waals surface area (Å²) < 4.78 is 31.7. The van der Waals surface area contributed by atoms with E-state index in [4.69, 9.17) is 9.25 Å². The summed E-state index contributed by atoms with van der Waals surface area (Å²) in [6.07, 6.45) is 1.36. The molecule has 0 fully saturated rings. The van der Waals surface area contributed by atoms with E-state index in [1.165, 1.54) is 23.3 Å². The fourth-order valence-corrected chi connectivity index (χ4v) is 2.39. The molecule has 3 rings (SSSR count). The molecule has 0 bridgehead atoms. The molecular formula is C16H14F2N2O3. The van der Waals surface area contributed by atoms with Gasteiger partial charge in [0.05, 0.1) is 18.5 Å². The van der Waals surface area contributed by atoms with Crippen molar-refractivity contribution in [2.24, 2.45) is 5.16 Å². The first-order chi connectivity index (χ1) is 11.0. The maximum atomic E-state index is 13.8. The smallest absolute Gasteiger partial charge is 0.289 e. The first kappa shape index (κ1) is 15.2. The molecule has 1 aliphatic heterocycles. The van der Waals surface area contributed by atoms with Crippen molar-refractivity contribution in [3.63, 3.8) is 0 Å². The van der Waals surface area contributed by atoms with Gasteiger partial charge in [-0.1, -0.05) is 5.16 Å². The zero-order valence-electron chi connectivity index (χ0n) is 12.3. The molecular weight excluding hydrogens is 306 g/mol. The SMILES string of the molecule is CN(CC1CC(c2ccc(F)cc2F)=NO1)C(=O)c1ccco1. The predicted molar refractivity (Wildman–Crippen MR) is 78.1 cm³/mol. The number of rotatable bonds is 4. The Balaban J connectivity index is 1.62. The summed E-state index contributed by atoms with van der Waals surface area (Å²) in [6, 6.07) is 6.50. The van der Waals surface area contributed by atoms with Crippen LogP contribution in [0.1, 0.15) is 22.5 Å². The van der Waals surface area contributed by atoms with Gasteiger partial charge in [0.2, 0.25) is 0 Å². The van der Waals surface area contributed by atoms with E-state index in [-0.39, 0.29) is 23.8 Å². The lowest BCUT2D eigenvalue weighted by Gasteiger charge is -2.18. The summed E-state index contributed by atoms with van der Waals surface area (Å²) in [5.74, 6) is -1.38. The number of halogens is 2. The van der Waals surface area contributed by atoms with Crippen LogP contribution in [-0.4, -0.2) is 36.2 Å². The highest BCUT2D eigenvalue weighted by Gasteiger charge is 2.27. The predicted octanol–water partition coefficient (Wildman–Crippen LogP) is 2.82. The molecule has 0 N–H and O–H groups in total. The quantitative estimate of drug-likeness (QED) is 0.870. The summed E-state index contributed by atoms with van der Waals surface area (Å²) in [6.45, 7) is 0.273. The second kappa shape index (κ2) is 6.20. The van der Waals surface area contributed by atoms with Gasteiger partial charge in [-0.05, 0) is 24.3 Å². The minimum absolute atomic E-state index is 0.203. The van der Waals surface area contributed by atoms with Crippen molar-refractivity contribution in [3.05, 3.63) is 59.6 Å². The Hall–Kier alpha value is -2.70. The molecule has 0 saturated heterocycles. The Morgan fingerprint density at radius 2 is 2.22 bits per heavy atom. The highest BCUT2D eigenvalue weighted by atomic mass is 19.1. The van der Waals surface area contributed by atoms with Crippen LogP contribution in [-0.2, 0) is 4.84 Å². The van der Waals surface area contributed by atoms with Crippen molar-refractivity contribution in [3.8, 4) is 0 Å². The summed E-state index contributed by atoms with van der Waals surface area (Å²) in [5, 5.41) is 3.85. The molecule has 1 amide bonds. The van der Waals surface area contributed by atoms with E-state index >= 15 is 0 Å². The average Bonchev–Trinajstić information content (AvgIpc) is 3.18. The van der Waals surface area contributed by atoms with Gasteiger partial charge >= 0.3 is 0 Å². The van der Waals surface area contributed by atoms with Crippen LogP contribution < -0.4 is 0 Å². The van der Waals surface area contributed by atoms with Gasteiger partial charge in [0.1, 0.15) is 11.6 Å². The number of carbonyl (C=O) groups is 1. The van der Waals surface area contributed by atoms with Crippen LogP contribution in [0.4, 0.5) is 8.78 Å². The number of furan rings is 1. The lowest BCUT2D eigenvalue weighted by Crippen LogP contribution is -2.34. The number of likely N-dealkylation sites (N-methyl/N-ethyl adjacent to an activating group) is 1. The minimum atomic E-state index is -0.687. The first-order valence-corrected chi connectivity index (χ1v) is 7.01. The highest BCUT2D eigenvalue weighted by molar-refractivity contribution is 6.01. The van der Waals surface area contributed by atoms with Gasteiger partial charge in [-0.25, -0.2) is 8.78 Å². The van der Waals surface area contributed by atoms with Gasteiger partial charge in [-0.3, -0.25) is 4.79 Å². The van der Waals surface area contributed by atoms with Crippen molar-refractivity contribution < 1.29 is 22.8 Å². The van der Waals surface area contributed by atoms with Crippen LogP contribution >= 0.6 is 0 Å². The first-order valence-electron chi connectivity index (χ1n) is 7.01. The molecule has 5 nitrogen and oxygen atoms in total. The van der Waals surface area contributed by atoms with Crippen LogP contribution in [0.15, 0.2) is 46.2 Å². The Kier molecular flexibility index (Phi) is 4.10. The molecule has 1 aliphatic rings. The minimum Gasteiger partial charge on any atom is -0.459 e. The van der Waals surface area contributed by atoms with Gasteiger partial charge in [0, 0.05) is 25.1 Å². The van der Waals surface area contributed by atoms with Gasteiger partial charge < -0.3 is 14.2 Å². The van der Waals surface area contributed by atoms with Crippen LogP contribution in [0.2, 0.25) is 0 Å². The van der Waals surface area contributed by atoms with E-state index in [9.17, 15) is 13.6 Å². The number of hydrogen-bond donors (Lipinski definition) is 0. The summed E-state index contributed by atoms with van der Waals surface area (Å²) >= 11 is 0. The largest absolute Gasteiger partial charge is 0.459 e. The molecule has 0 radical (unpaired) electrons. The number of carbonyl (C=O) groups excluding carboxylic acids is 1. The van der Waals surface area contributed by atoms with Crippen LogP contribution in [0.25, 0.3) is 0 Å². The number of hydrogen-bond acceptors (Lipinski definition) is 4. The molecule has 1 aromatic carbocycles. The average molecular weight is 320 g/mol. The fraction of sp³-hybridized carbons (Fsp3) is 0.250. The second-order valence-corrected chi connectivity index (χ2v) is 5.26. The van der Waals surface area contributed by atoms with E-state index in [0.29, 0.717) is 12.1 Å². The molecule has 0 spiro atoms. The summed E-state index contributed by atoms with van der Waals surface area (Å²) in [5.41, 5.74) is 0.597. The molecule has 0 saturated carbocycles. The maximum Gasteiger partial charge on any atom is 0.289 e. The third kappa shape index (κ3) is 3.23. The number of nitrogens with zero attached hydrogens (tertiary/aromatic N) is 2. The fourth-order valence-electron chi connectivity index (χ4n) is 2.39. The normalized spacial score (nSPS) is 16.8. The van der Waals surface area contributed by atoms with E-state index in [2.05, 4.69) is 5.16 Å². The lowest BCUT2D eigenvalue weighted by atomic mass is 10.0. The van der Waals surface area contributed by atoms with Gasteiger partial charge in [-0.2, -0.15) is 0 Å². The highest BCUT2D eigenvalue weighted by Crippen LogP contribution is 2.20. The van der Waals surface area contributed by atoms with Crippen LogP contribution in [0.3, 0.4) is 0 Å². The molecule has 120 valence electrons. The molecule has 1 aromatic heterocycles. The zero-order valence-corrected chi connectivity index (χ0v) is 12.3. The Morgan fingerprint density at radius 3 is 2.91 bits per heavy atom. The Labute approximate surface area is 131 Å². The molecule has 2 aromatic rings. The van der Waals surface area contributed by atoms with Gasteiger partial charge in [-0.15, -0.1) is 0 Å². The van der Waals surface area contributed by atoms with Crippen LogP contribution in [0, 0.1) is 11.6 Å². The van der Waals surface area contributed by atoms with Crippen molar-refractivity contribution in [2.45, 2.75) is 12.5 Å². The van der Waals surface area contributed by atoms with Gasteiger partial charge in [0.25, 0.3) is 5.91 Å². The number of benzene rings is 1. The Morgan fingerprint density at radius 1 is 1.39 bits per heavy atom. The standard InChI is InChI=1S/C16H14F2N2O3/c1-20(16(21)15-3-2-6-22-15)9-11-8-14(19-23-11)12-5-4-10(17)7-13(12)18/h2-7,11H,8-9H2,1H3. The lowest BCUT2D eigenvalue weighted by molar-refractivity contribution is 0.0464. The third-order valence-corrected chi connectivity index (χ3v) is 3.53. The molecule has 1 unspecified atom stereocenters. The molecule has 23 heavy (non-hydrogen) atoms. The topological polar surface area (TPSA) is 55.0 Å². The van der Waals surface area contributed by atoms with Crippen molar-refractivity contribution in [2.75, 3.05) is 13.6 Å². The van der Waals surface area contributed by atoms with Crippen molar-refractivity contribution >= 4 is 11.6 Å². The number of oxime groups is 1. The zero-order chi connectivity index (χ0) is 16.4. The van der Waals surface area contributed by atoms with Gasteiger partial charge in [0.15, 0.2) is 11.9 Å². The molecule has 2 heterocycles. The summed E-state index contributed by atoms with van der Waals surface area (Å²) in [7, 11) is 1.62. The Bertz CT molecular complexity index is 744.